The number of carbonyl (C=O) groups is 1. The number of thiophene rings is 1. The molecule has 3 heterocycles. The number of nitrogens with zero attached hydrogens (tertiary/aromatic N) is 2. The number of fused-ring (bicyclic) bond motifs is 3. The molecule has 0 saturated carbocycles. The Hall–Kier alpha value is -2.22. The molecule has 1 saturated heterocycles. The zero-order valence-electron chi connectivity index (χ0n) is 18.7. The third-order valence-corrected chi connectivity index (χ3v) is 8.17. The second-order valence-corrected chi connectivity index (χ2v) is 10.7. The molecule has 5 rings (SSSR count). The summed E-state index contributed by atoms with van der Waals surface area (Å²) in [5.74, 6) is 0.637. The second-order valence-electron chi connectivity index (χ2n) is 9.15. The van der Waals surface area contributed by atoms with Crippen molar-refractivity contribution in [2.45, 2.75) is 64.0 Å². The fourth-order valence-corrected chi connectivity index (χ4v) is 6.35. The summed E-state index contributed by atoms with van der Waals surface area (Å²) in [6.07, 6.45) is 7.03. The van der Waals surface area contributed by atoms with E-state index < -0.39 is 0 Å². The SMILES string of the molecule is O=C(CCc1nc2sc3c(c2c(=O)[nH]1)CCCC3)NC1CCN(Cc2ccc(Cl)cc2)CC1. The number of aromatic nitrogens is 2. The van der Waals surface area contributed by atoms with E-state index in [4.69, 9.17) is 11.6 Å². The third-order valence-electron chi connectivity index (χ3n) is 6.74. The molecule has 2 N–H and O–H groups in total. The quantitative estimate of drug-likeness (QED) is 0.548. The van der Waals surface area contributed by atoms with Crippen LogP contribution in [0.2, 0.25) is 5.02 Å². The summed E-state index contributed by atoms with van der Waals surface area (Å²) in [7, 11) is 0. The predicted molar refractivity (Wildman–Crippen MR) is 133 cm³/mol. The van der Waals surface area contributed by atoms with Crippen LogP contribution >= 0.6 is 22.9 Å². The van der Waals surface area contributed by atoms with Crippen molar-refractivity contribution in [2.75, 3.05) is 13.1 Å². The highest BCUT2D eigenvalue weighted by Gasteiger charge is 2.22. The number of H-pyrrole nitrogens is 1. The molecule has 3 aromatic rings. The van der Waals surface area contributed by atoms with Crippen LogP contribution in [0.15, 0.2) is 29.1 Å². The van der Waals surface area contributed by atoms with Gasteiger partial charge in [-0.15, -0.1) is 11.3 Å². The lowest BCUT2D eigenvalue weighted by molar-refractivity contribution is -0.122. The Labute approximate surface area is 202 Å². The minimum atomic E-state index is -0.0529. The Morgan fingerprint density at radius 2 is 1.94 bits per heavy atom. The fourth-order valence-electron chi connectivity index (χ4n) is 4.94. The first-order chi connectivity index (χ1) is 16.0. The summed E-state index contributed by atoms with van der Waals surface area (Å²) in [5.41, 5.74) is 2.40. The topological polar surface area (TPSA) is 78.1 Å². The van der Waals surface area contributed by atoms with Crippen LogP contribution in [0, 0.1) is 0 Å². The molecule has 1 amide bonds. The molecule has 0 atom stereocenters. The van der Waals surface area contributed by atoms with Crippen LogP contribution in [0.25, 0.3) is 10.2 Å². The number of halogens is 1. The minimum Gasteiger partial charge on any atom is -0.353 e. The van der Waals surface area contributed by atoms with Crippen molar-refractivity contribution in [3.05, 3.63) is 61.5 Å². The number of rotatable bonds is 6. The van der Waals surface area contributed by atoms with Gasteiger partial charge in [-0.2, -0.15) is 0 Å². The van der Waals surface area contributed by atoms with Crippen molar-refractivity contribution in [3.63, 3.8) is 0 Å². The smallest absolute Gasteiger partial charge is 0.259 e. The zero-order valence-corrected chi connectivity index (χ0v) is 20.2. The number of amides is 1. The molecule has 2 aliphatic rings. The van der Waals surface area contributed by atoms with Crippen molar-refractivity contribution in [3.8, 4) is 0 Å². The molecule has 1 aliphatic heterocycles. The first kappa shape index (κ1) is 22.6. The predicted octanol–water partition coefficient (Wildman–Crippen LogP) is 4.23. The summed E-state index contributed by atoms with van der Waals surface area (Å²) in [6, 6.07) is 8.19. The maximum absolute atomic E-state index is 12.7. The summed E-state index contributed by atoms with van der Waals surface area (Å²) < 4.78 is 0. The van der Waals surface area contributed by atoms with Crippen molar-refractivity contribution in [2.24, 2.45) is 0 Å². The molecule has 1 aliphatic carbocycles. The molecular weight excluding hydrogens is 456 g/mol. The van der Waals surface area contributed by atoms with E-state index in [1.807, 2.05) is 12.1 Å². The van der Waals surface area contributed by atoms with Gasteiger partial charge in [-0.1, -0.05) is 23.7 Å². The molecule has 0 spiro atoms. The molecule has 6 nitrogen and oxygen atoms in total. The second kappa shape index (κ2) is 9.95. The number of aryl methyl sites for hydroxylation is 3. The van der Waals surface area contributed by atoms with Crippen molar-refractivity contribution in [1.29, 1.82) is 0 Å². The van der Waals surface area contributed by atoms with E-state index in [0.717, 1.165) is 67.0 Å². The average Bonchev–Trinajstić information content (AvgIpc) is 3.19. The lowest BCUT2D eigenvalue weighted by Crippen LogP contribution is -2.44. The van der Waals surface area contributed by atoms with Crippen molar-refractivity contribution in [1.82, 2.24) is 20.2 Å². The van der Waals surface area contributed by atoms with E-state index in [1.165, 1.54) is 22.4 Å². The summed E-state index contributed by atoms with van der Waals surface area (Å²) in [4.78, 5) is 37.4. The molecular formula is C25H29ClN4O2S. The fraction of sp³-hybridized carbons (Fsp3) is 0.480. The monoisotopic (exact) mass is 484 g/mol. The lowest BCUT2D eigenvalue weighted by atomic mass is 9.97. The van der Waals surface area contributed by atoms with Crippen LogP contribution in [0.4, 0.5) is 0 Å². The number of carbonyl (C=O) groups excluding carboxylic acids is 1. The first-order valence-corrected chi connectivity index (χ1v) is 13.0. The molecule has 8 heteroatoms. The van der Waals surface area contributed by atoms with Gasteiger partial charge in [0.25, 0.3) is 5.56 Å². The van der Waals surface area contributed by atoms with Gasteiger partial charge < -0.3 is 10.3 Å². The van der Waals surface area contributed by atoms with E-state index >= 15 is 0 Å². The molecule has 1 aromatic carbocycles. The summed E-state index contributed by atoms with van der Waals surface area (Å²) in [5, 5.41) is 4.70. The molecule has 0 unspecified atom stereocenters. The molecule has 0 radical (unpaired) electrons. The van der Waals surface area contributed by atoms with Crippen molar-refractivity contribution < 1.29 is 4.79 Å². The van der Waals surface area contributed by atoms with Crippen LogP contribution in [-0.2, 0) is 30.6 Å². The van der Waals surface area contributed by atoms with Gasteiger partial charge in [0.05, 0.1) is 5.39 Å². The van der Waals surface area contributed by atoms with E-state index in [-0.39, 0.29) is 17.5 Å². The van der Waals surface area contributed by atoms with Gasteiger partial charge in [0, 0.05) is 48.4 Å². The first-order valence-electron chi connectivity index (χ1n) is 11.8. The normalized spacial score (nSPS) is 17.2. The number of hydrogen-bond donors (Lipinski definition) is 2. The standard InChI is InChI=1S/C25H29ClN4O2S/c26-17-7-5-16(6-8-17)15-30-13-11-18(12-14-30)27-22(31)10-9-21-28-24(32)23-19-3-1-2-4-20(19)33-25(23)29-21/h5-8,18H,1-4,9-15H2,(H,27,31)(H,28,29,32). The number of piperidine rings is 1. The maximum atomic E-state index is 12.7. The maximum Gasteiger partial charge on any atom is 0.259 e. The zero-order chi connectivity index (χ0) is 22.8. The van der Waals surface area contributed by atoms with E-state index in [9.17, 15) is 9.59 Å². The average molecular weight is 485 g/mol. The van der Waals surface area contributed by atoms with E-state index in [2.05, 4.69) is 32.3 Å². The highest BCUT2D eigenvalue weighted by Crippen LogP contribution is 2.33. The summed E-state index contributed by atoms with van der Waals surface area (Å²) >= 11 is 7.62. The van der Waals surface area contributed by atoms with Crippen LogP contribution in [-0.4, -0.2) is 39.9 Å². The largest absolute Gasteiger partial charge is 0.353 e. The Morgan fingerprint density at radius 1 is 1.18 bits per heavy atom. The third kappa shape index (κ3) is 5.31. The molecule has 1 fully saturated rings. The van der Waals surface area contributed by atoms with E-state index in [0.29, 0.717) is 18.7 Å². The van der Waals surface area contributed by atoms with Gasteiger partial charge >= 0.3 is 0 Å². The molecule has 174 valence electrons. The summed E-state index contributed by atoms with van der Waals surface area (Å²) in [6.45, 7) is 2.83. The molecule has 33 heavy (non-hydrogen) atoms. The van der Waals surface area contributed by atoms with Crippen LogP contribution in [0.3, 0.4) is 0 Å². The Balaban J connectivity index is 1.11. The lowest BCUT2D eigenvalue weighted by Gasteiger charge is -2.32. The number of likely N-dealkylation sites (tertiary alicyclic amines) is 1. The Morgan fingerprint density at radius 3 is 2.73 bits per heavy atom. The number of hydrogen-bond acceptors (Lipinski definition) is 5. The van der Waals surface area contributed by atoms with Crippen LogP contribution in [0.5, 0.6) is 0 Å². The number of benzene rings is 1. The molecule has 2 aromatic heterocycles. The van der Waals surface area contributed by atoms with Crippen molar-refractivity contribution >= 4 is 39.1 Å². The van der Waals surface area contributed by atoms with Gasteiger partial charge in [0.15, 0.2) is 0 Å². The minimum absolute atomic E-state index is 0.0272. The van der Waals surface area contributed by atoms with Gasteiger partial charge in [-0.05, 0) is 61.8 Å². The van der Waals surface area contributed by atoms with Gasteiger partial charge in [0.2, 0.25) is 5.91 Å². The van der Waals surface area contributed by atoms with Crippen LogP contribution < -0.4 is 10.9 Å². The van der Waals surface area contributed by atoms with Gasteiger partial charge in [0.1, 0.15) is 10.7 Å². The number of aromatic amines is 1. The Bertz CT molecular complexity index is 1200. The highest BCUT2D eigenvalue weighted by molar-refractivity contribution is 7.18. The highest BCUT2D eigenvalue weighted by atomic mass is 35.5. The van der Waals surface area contributed by atoms with Crippen LogP contribution in [0.1, 0.15) is 53.9 Å². The number of nitrogens with one attached hydrogen (secondary N) is 2. The van der Waals surface area contributed by atoms with E-state index in [1.54, 1.807) is 11.3 Å². The van der Waals surface area contributed by atoms with Gasteiger partial charge in [-0.3, -0.25) is 14.5 Å². The molecule has 0 bridgehead atoms. The Kier molecular flexibility index (Phi) is 6.81. The van der Waals surface area contributed by atoms with Gasteiger partial charge in [-0.25, -0.2) is 4.98 Å².